The molecular formula is C14H14ClN3O. The van der Waals surface area contributed by atoms with Crippen LogP contribution in [0.1, 0.15) is 21.6 Å². The van der Waals surface area contributed by atoms with E-state index < -0.39 is 5.91 Å². The Labute approximate surface area is 116 Å². The maximum atomic E-state index is 11.1. The van der Waals surface area contributed by atoms with E-state index in [9.17, 15) is 4.79 Å². The molecule has 1 aromatic heterocycles. The van der Waals surface area contributed by atoms with E-state index >= 15 is 0 Å². The topological polar surface area (TPSA) is 68.0 Å². The molecule has 98 valence electrons. The summed E-state index contributed by atoms with van der Waals surface area (Å²) in [6.45, 7) is 2.51. The Morgan fingerprint density at radius 3 is 2.79 bits per heavy atom. The highest BCUT2D eigenvalue weighted by Crippen LogP contribution is 2.23. The number of aromatic nitrogens is 1. The number of aryl methyl sites for hydroxylation is 1. The van der Waals surface area contributed by atoms with Crippen molar-refractivity contribution in [2.75, 3.05) is 5.32 Å². The van der Waals surface area contributed by atoms with Gasteiger partial charge < -0.3 is 11.1 Å². The van der Waals surface area contributed by atoms with E-state index in [1.54, 1.807) is 24.4 Å². The number of nitrogens with zero attached hydrogens (tertiary/aromatic N) is 1. The van der Waals surface area contributed by atoms with E-state index in [0.29, 0.717) is 22.8 Å². The summed E-state index contributed by atoms with van der Waals surface area (Å²) in [4.78, 5) is 15.4. The van der Waals surface area contributed by atoms with Gasteiger partial charge in [0.2, 0.25) is 5.91 Å². The molecule has 5 heteroatoms. The molecule has 19 heavy (non-hydrogen) atoms. The Morgan fingerprint density at radius 2 is 2.16 bits per heavy atom. The smallest absolute Gasteiger partial charge is 0.248 e. The second-order valence-electron chi connectivity index (χ2n) is 4.24. The quantitative estimate of drug-likeness (QED) is 0.901. The van der Waals surface area contributed by atoms with Crippen LogP contribution >= 0.6 is 11.6 Å². The molecule has 0 aliphatic heterocycles. The number of anilines is 1. The number of carbonyl (C=O) groups excluding carboxylic acids is 1. The zero-order chi connectivity index (χ0) is 13.8. The van der Waals surface area contributed by atoms with E-state index in [2.05, 4.69) is 10.3 Å². The normalized spacial score (nSPS) is 10.2. The lowest BCUT2D eigenvalue weighted by molar-refractivity contribution is 0.100. The van der Waals surface area contributed by atoms with Gasteiger partial charge in [-0.25, -0.2) is 0 Å². The lowest BCUT2D eigenvalue weighted by Crippen LogP contribution is -2.11. The molecule has 0 saturated carbocycles. The molecule has 0 bridgehead atoms. The molecule has 4 nitrogen and oxygen atoms in total. The summed E-state index contributed by atoms with van der Waals surface area (Å²) in [7, 11) is 0. The molecule has 0 aliphatic rings. The van der Waals surface area contributed by atoms with Gasteiger partial charge in [0.05, 0.1) is 22.9 Å². The average Bonchev–Trinajstić information content (AvgIpc) is 2.39. The van der Waals surface area contributed by atoms with Crippen molar-refractivity contribution in [2.24, 2.45) is 5.73 Å². The number of hydrogen-bond donors (Lipinski definition) is 2. The van der Waals surface area contributed by atoms with Crippen LogP contribution in [0.25, 0.3) is 0 Å². The number of rotatable bonds is 4. The van der Waals surface area contributed by atoms with Gasteiger partial charge in [-0.15, -0.1) is 0 Å². The second-order valence-corrected chi connectivity index (χ2v) is 4.65. The van der Waals surface area contributed by atoms with Gasteiger partial charge in [0.25, 0.3) is 0 Å². The molecule has 1 aromatic carbocycles. The molecule has 0 spiro atoms. The first-order valence-corrected chi connectivity index (χ1v) is 6.19. The monoisotopic (exact) mass is 275 g/mol. The highest BCUT2D eigenvalue weighted by molar-refractivity contribution is 6.33. The van der Waals surface area contributed by atoms with E-state index in [1.807, 2.05) is 19.1 Å². The molecule has 0 unspecified atom stereocenters. The number of nitrogens with two attached hydrogens (primary N) is 1. The van der Waals surface area contributed by atoms with E-state index in [-0.39, 0.29) is 0 Å². The van der Waals surface area contributed by atoms with Crippen LogP contribution in [0, 0.1) is 6.92 Å². The highest BCUT2D eigenvalue weighted by atomic mass is 35.5. The van der Waals surface area contributed by atoms with Crippen LogP contribution in [-0.4, -0.2) is 10.9 Å². The Bertz CT molecular complexity index is 596. The molecule has 0 atom stereocenters. The SMILES string of the molecule is Cc1ccc(CNc2cc(C(N)=O)ccc2Cl)nc1. The van der Waals surface area contributed by atoms with Crippen LogP contribution in [0.4, 0.5) is 5.69 Å². The van der Waals surface area contributed by atoms with Gasteiger partial charge in [-0.2, -0.15) is 0 Å². The zero-order valence-corrected chi connectivity index (χ0v) is 11.2. The molecule has 3 N–H and O–H groups in total. The molecular weight excluding hydrogens is 262 g/mol. The minimum atomic E-state index is -0.479. The lowest BCUT2D eigenvalue weighted by atomic mass is 10.2. The van der Waals surface area contributed by atoms with E-state index in [4.69, 9.17) is 17.3 Å². The van der Waals surface area contributed by atoms with Crippen molar-refractivity contribution in [1.29, 1.82) is 0 Å². The first-order valence-electron chi connectivity index (χ1n) is 5.81. The van der Waals surface area contributed by atoms with Gasteiger partial charge in [-0.3, -0.25) is 9.78 Å². The van der Waals surface area contributed by atoms with Gasteiger partial charge in [-0.05, 0) is 36.8 Å². The minimum absolute atomic E-state index is 0.420. The van der Waals surface area contributed by atoms with Crippen molar-refractivity contribution in [3.8, 4) is 0 Å². The van der Waals surface area contributed by atoms with Gasteiger partial charge in [0, 0.05) is 11.8 Å². The Morgan fingerprint density at radius 1 is 1.37 bits per heavy atom. The van der Waals surface area contributed by atoms with Crippen molar-refractivity contribution in [3.63, 3.8) is 0 Å². The van der Waals surface area contributed by atoms with Crippen LogP contribution in [-0.2, 0) is 6.54 Å². The predicted molar refractivity (Wildman–Crippen MR) is 76.3 cm³/mol. The Balaban J connectivity index is 2.12. The van der Waals surface area contributed by atoms with Gasteiger partial charge in [0.1, 0.15) is 0 Å². The molecule has 0 aliphatic carbocycles. The fourth-order valence-corrected chi connectivity index (χ4v) is 1.79. The largest absolute Gasteiger partial charge is 0.378 e. The molecule has 1 amide bonds. The molecule has 0 radical (unpaired) electrons. The third-order valence-electron chi connectivity index (χ3n) is 2.68. The van der Waals surface area contributed by atoms with Gasteiger partial charge >= 0.3 is 0 Å². The molecule has 2 aromatic rings. The summed E-state index contributed by atoms with van der Waals surface area (Å²) in [6, 6.07) is 8.81. The number of hydrogen-bond acceptors (Lipinski definition) is 3. The van der Waals surface area contributed by atoms with Crippen molar-refractivity contribution in [2.45, 2.75) is 13.5 Å². The van der Waals surface area contributed by atoms with Crippen LogP contribution < -0.4 is 11.1 Å². The number of amides is 1. The molecule has 2 rings (SSSR count). The summed E-state index contributed by atoms with van der Waals surface area (Å²) in [5, 5.41) is 3.68. The third-order valence-corrected chi connectivity index (χ3v) is 3.01. The maximum absolute atomic E-state index is 11.1. The number of carbonyl (C=O) groups is 1. The fourth-order valence-electron chi connectivity index (χ4n) is 1.60. The fraction of sp³-hybridized carbons (Fsp3) is 0.143. The molecule has 0 fully saturated rings. The van der Waals surface area contributed by atoms with Crippen molar-refractivity contribution >= 4 is 23.2 Å². The number of halogens is 1. The Kier molecular flexibility index (Phi) is 4.02. The van der Waals surface area contributed by atoms with Crippen molar-refractivity contribution in [1.82, 2.24) is 4.98 Å². The summed E-state index contributed by atoms with van der Waals surface area (Å²) in [5.41, 5.74) is 8.33. The number of nitrogens with one attached hydrogen (secondary N) is 1. The number of primary amides is 1. The number of benzene rings is 1. The average molecular weight is 276 g/mol. The van der Waals surface area contributed by atoms with Crippen molar-refractivity contribution < 1.29 is 4.79 Å². The van der Waals surface area contributed by atoms with E-state index in [1.165, 1.54) is 0 Å². The van der Waals surface area contributed by atoms with Crippen molar-refractivity contribution in [3.05, 3.63) is 58.4 Å². The third kappa shape index (κ3) is 3.45. The van der Waals surface area contributed by atoms with Crippen LogP contribution in [0.3, 0.4) is 0 Å². The van der Waals surface area contributed by atoms with Crippen LogP contribution in [0.5, 0.6) is 0 Å². The second kappa shape index (κ2) is 5.71. The van der Waals surface area contributed by atoms with Crippen LogP contribution in [0.2, 0.25) is 5.02 Å². The summed E-state index contributed by atoms with van der Waals surface area (Å²) < 4.78 is 0. The van der Waals surface area contributed by atoms with Gasteiger partial charge in [0.15, 0.2) is 0 Å². The summed E-state index contributed by atoms with van der Waals surface area (Å²) in [6.07, 6.45) is 1.80. The molecule has 0 saturated heterocycles. The standard InChI is InChI=1S/C14H14ClN3O/c1-9-2-4-11(17-7-9)8-18-13-6-10(14(16)19)3-5-12(13)15/h2-7,18H,8H2,1H3,(H2,16,19). The highest BCUT2D eigenvalue weighted by Gasteiger charge is 2.06. The minimum Gasteiger partial charge on any atom is -0.378 e. The summed E-state index contributed by atoms with van der Waals surface area (Å²) >= 11 is 6.06. The first kappa shape index (κ1) is 13.4. The first-order chi connectivity index (χ1) is 9.06. The molecule has 1 heterocycles. The predicted octanol–water partition coefficient (Wildman–Crippen LogP) is 2.75. The maximum Gasteiger partial charge on any atom is 0.248 e. The summed E-state index contributed by atoms with van der Waals surface area (Å²) in [5.74, 6) is -0.479. The zero-order valence-electron chi connectivity index (χ0n) is 10.5. The Hall–Kier alpha value is -2.07. The van der Waals surface area contributed by atoms with Gasteiger partial charge in [-0.1, -0.05) is 17.7 Å². The number of pyridine rings is 1. The lowest BCUT2D eigenvalue weighted by Gasteiger charge is -2.09. The van der Waals surface area contributed by atoms with Crippen LogP contribution in [0.15, 0.2) is 36.5 Å². The van der Waals surface area contributed by atoms with E-state index in [0.717, 1.165) is 11.3 Å².